The maximum atomic E-state index is 11.7. The number of rotatable bonds is 6. The van der Waals surface area contributed by atoms with Crippen molar-refractivity contribution in [2.24, 2.45) is 11.8 Å². The van der Waals surface area contributed by atoms with Crippen molar-refractivity contribution in [1.29, 1.82) is 0 Å². The smallest absolute Gasteiger partial charge is 0.446 e. The minimum absolute atomic E-state index is 0.0149. The van der Waals surface area contributed by atoms with Crippen molar-refractivity contribution in [2.45, 2.75) is 33.8 Å². The Balaban J connectivity index is 2.92. The summed E-state index contributed by atoms with van der Waals surface area (Å²) in [6.07, 6.45) is -0.431. The lowest BCUT2D eigenvalue weighted by Crippen LogP contribution is -2.19. The van der Waals surface area contributed by atoms with Crippen LogP contribution in [-0.2, 0) is 19.9 Å². The van der Waals surface area contributed by atoms with Gasteiger partial charge in [-0.15, -0.1) is 0 Å². The highest BCUT2D eigenvalue weighted by Crippen LogP contribution is 2.28. The van der Waals surface area contributed by atoms with Crippen LogP contribution in [0.1, 0.15) is 39.4 Å². The van der Waals surface area contributed by atoms with Crippen LogP contribution in [-0.4, -0.2) is 18.9 Å². The zero-order valence-electron chi connectivity index (χ0n) is 12.4. The Hall–Kier alpha value is -1.60. The van der Waals surface area contributed by atoms with Gasteiger partial charge in [-0.1, -0.05) is 39.8 Å². The molecule has 1 rings (SSSR count). The highest BCUT2D eigenvalue weighted by molar-refractivity contribution is 7.81. The zero-order chi connectivity index (χ0) is 16.2. The lowest BCUT2D eigenvalue weighted by Gasteiger charge is -2.23. The molecule has 0 aliphatic heterocycles. The second-order valence-corrected chi connectivity index (χ2v) is 6.36. The third-order valence-corrected chi connectivity index (χ3v) is 3.13. The quantitative estimate of drug-likeness (QED) is 0.641. The van der Waals surface area contributed by atoms with Gasteiger partial charge in [-0.2, -0.15) is 8.42 Å². The average Bonchev–Trinajstić information content (AvgIpc) is 2.34. The van der Waals surface area contributed by atoms with Crippen LogP contribution in [0.3, 0.4) is 0 Å². The topological polar surface area (TPSA) is 89.9 Å². The maximum Gasteiger partial charge on any atom is 0.446 e. The molecule has 0 heterocycles. The molecule has 21 heavy (non-hydrogen) atoms. The number of carbonyl (C=O) groups excluding carboxylic acids is 1. The van der Waals surface area contributed by atoms with Gasteiger partial charge in [0.15, 0.2) is 0 Å². The van der Waals surface area contributed by atoms with E-state index >= 15 is 0 Å². The van der Waals surface area contributed by atoms with Gasteiger partial charge >= 0.3 is 16.4 Å². The summed E-state index contributed by atoms with van der Waals surface area (Å²) in [5.74, 6) is -0.486. The third kappa shape index (κ3) is 5.73. The van der Waals surface area contributed by atoms with Crippen LogP contribution in [0.15, 0.2) is 24.3 Å². The Bertz CT molecular complexity index is 574. The molecule has 0 aromatic heterocycles. The van der Waals surface area contributed by atoms with E-state index < -0.39 is 16.5 Å². The molecule has 0 aliphatic carbocycles. The number of hydrogen-bond donors (Lipinski definition) is 1. The fourth-order valence-corrected chi connectivity index (χ4v) is 2.04. The second-order valence-electron chi connectivity index (χ2n) is 5.34. The zero-order valence-corrected chi connectivity index (χ0v) is 13.3. The first-order valence-electron chi connectivity index (χ1n) is 6.57. The molecule has 0 spiro atoms. The van der Waals surface area contributed by atoms with Crippen LogP contribution >= 0.6 is 0 Å². The van der Waals surface area contributed by atoms with E-state index in [0.29, 0.717) is 0 Å². The summed E-state index contributed by atoms with van der Waals surface area (Å²) in [6, 6.07) is 5.97. The van der Waals surface area contributed by atoms with Gasteiger partial charge in [-0.25, -0.2) is 0 Å². The van der Waals surface area contributed by atoms with E-state index in [9.17, 15) is 13.2 Å². The molecule has 0 aliphatic rings. The molecule has 0 radical (unpaired) electrons. The Labute approximate surface area is 125 Å². The maximum absolute atomic E-state index is 11.7. The molecular weight excluding hydrogens is 296 g/mol. The van der Waals surface area contributed by atoms with Crippen molar-refractivity contribution < 1.29 is 26.7 Å². The molecule has 0 fully saturated rings. The minimum Gasteiger partial charge on any atom is -0.457 e. The molecular formula is C14H20O6S. The van der Waals surface area contributed by atoms with Crippen molar-refractivity contribution in [3.05, 3.63) is 29.8 Å². The predicted molar refractivity (Wildman–Crippen MR) is 77.1 cm³/mol. The van der Waals surface area contributed by atoms with Gasteiger partial charge in [0.05, 0.1) is 5.92 Å². The largest absolute Gasteiger partial charge is 0.457 e. The van der Waals surface area contributed by atoms with Gasteiger partial charge in [-0.3, -0.25) is 9.35 Å². The third-order valence-electron chi connectivity index (χ3n) is 2.73. The molecule has 0 saturated carbocycles. The average molecular weight is 316 g/mol. The van der Waals surface area contributed by atoms with Gasteiger partial charge in [0, 0.05) is 0 Å². The Morgan fingerprint density at radius 1 is 1.10 bits per heavy atom. The fourth-order valence-electron chi connectivity index (χ4n) is 1.68. The van der Waals surface area contributed by atoms with Gasteiger partial charge < -0.3 is 8.92 Å². The normalized spacial score (nSPS) is 13.3. The monoisotopic (exact) mass is 316 g/mol. The van der Waals surface area contributed by atoms with Crippen LogP contribution in [0.5, 0.6) is 5.75 Å². The Morgan fingerprint density at radius 2 is 1.62 bits per heavy atom. The van der Waals surface area contributed by atoms with Crippen molar-refractivity contribution in [1.82, 2.24) is 0 Å². The molecule has 1 atom stereocenters. The summed E-state index contributed by atoms with van der Waals surface area (Å²) in [4.78, 5) is 11.7. The molecule has 1 N–H and O–H groups in total. The van der Waals surface area contributed by atoms with Crippen molar-refractivity contribution >= 4 is 16.4 Å². The molecule has 7 heteroatoms. The van der Waals surface area contributed by atoms with Crippen LogP contribution in [0.4, 0.5) is 0 Å². The first-order chi connectivity index (χ1) is 9.60. The van der Waals surface area contributed by atoms with E-state index in [-0.39, 0.29) is 23.6 Å². The summed E-state index contributed by atoms with van der Waals surface area (Å²) in [5, 5.41) is 0. The highest BCUT2D eigenvalue weighted by Gasteiger charge is 2.22. The molecule has 118 valence electrons. The van der Waals surface area contributed by atoms with E-state index in [2.05, 4.69) is 4.18 Å². The summed E-state index contributed by atoms with van der Waals surface area (Å²) < 4.78 is 39.6. The van der Waals surface area contributed by atoms with Crippen LogP contribution in [0.2, 0.25) is 0 Å². The van der Waals surface area contributed by atoms with E-state index in [1.165, 1.54) is 12.1 Å². The number of esters is 1. The van der Waals surface area contributed by atoms with Gasteiger partial charge in [0.25, 0.3) is 0 Å². The van der Waals surface area contributed by atoms with Crippen LogP contribution in [0, 0.1) is 11.8 Å². The van der Waals surface area contributed by atoms with Crippen LogP contribution < -0.4 is 4.18 Å². The van der Waals surface area contributed by atoms with Crippen molar-refractivity contribution in [3.8, 4) is 5.75 Å². The van der Waals surface area contributed by atoms with E-state index in [1.54, 1.807) is 26.0 Å². The molecule has 6 nitrogen and oxygen atoms in total. The Morgan fingerprint density at radius 3 is 2.00 bits per heavy atom. The van der Waals surface area contributed by atoms with E-state index in [1.807, 2.05) is 13.8 Å². The van der Waals surface area contributed by atoms with Crippen LogP contribution in [0.25, 0.3) is 0 Å². The summed E-state index contributed by atoms with van der Waals surface area (Å²) in [7, 11) is -4.54. The summed E-state index contributed by atoms with van der Waals surface area (Å²) >= 11 is 0. The lowest BCUT2D eigenvalue weighted by molar-refractivity contribution is -0.155. The number of hydrogen-bond acceptors (Lipinski definition) is 5. The predicted octanol–water partition coefficient (Wildman–Crippen LogP) is 2.76. The summed E-state index contributed by atoms with van der Waals surface area (Å²) in [6.45, 7) is 7.34. The highest BCUT2D eigenvalue weighted by atomic mass is 32.3. The first-order valence-corrected chi connectivity index (χ1v) is 7.94. The molecule has 0 saturated heterocycles. The van der Waals surface area contributed by atoms with Gasteiger partial charge in [0.2, 0.25) is 0 Å². The van der Waals surface area contributed by atoms with E-state index in [4.69, 9.17) is 9.29 Å². The first kappa shape index (κ1) is 17.5. The van der Waals surface area contributed by atoms with E-state index in [0.717, 1.165) is 5.56 Å². The van der Waals surface area contributed by atoms with Gasteiger partial charge in [0.1, 0.15) is 11.9 Å². The van der Waals surface area contributed by atoms with Crippen molar-refractivity contribution in [2.75, 3.05) is 0 Å². The standard InChI is InChI=1S/C14H20O6S/c1-9(2)13(19-14(15)10(3)4)11-5-7-12(8-6-11)20-21(16,17)18/h5-10,13H,1-4H3,(H,16,17,18). The molecule has 0 amide bonds. The molecule has 1 aromatic carbocycles. The molecule has 1 unspecified atom stereocenters. The molecule has 1 aromatic rings. The summed E-state index contributed by atoms with van der Waals surface area (Å²) in [5.41, 5.74) is 0.724. The second kappa shape index (κ2) is 6.91. The molecule has 0 bridgehead atoms. The SMILES string of the molecule is CC(C)C(=O)OC(c1ccc(OS(=O)(=O)O)cc1)C(C)C. The minimum atomic E-state index is -4.54. The fraction of sp³-hybridized carbons (Fsp3) is 0.500. The van der Waals surface area contributed by atoms with Gasteiger partial charge in [-0.05, 0) is 23.6 Å². The lowest BCUT2D eigenvalue weighted by atomic mass is 9.98. The van der Waals surface area contributed by atoms with Crippen molar-refractivity contribution in [3.63, 3.8) is 0 Å². The number of carbonyl (C=O) groups is 1. The number of ether oxygens (including phenoxy) is 1. The Kier molecular flexibility index (Phi) is 5.74. The number of benzene rings is 1.